The molecule has 0 fully saturated rings. The number of benzene rings is 1. The molecule has 0 atom stereocenters. The van der Waals surface area contributed by atoms with Crippen molar-refractivity contribution in [3.8, 4) is 11.5 Å². The largest absolute Gasteiger partial charge is 0.490 e. The van der Waals surface area contributed by atoms with Gasteiger partial charge in [-0.05, 0) is 31.2 Å². The predicted molar refractivity (Wildman–Crippen MR) is 84.1 cm³/mol. The fourth-order valence-electron chi connectivity index (χ4n) is 1.91. The average molecular weight is 317 g/mol. The van der Waals surface area contributed by atoms with Gasteiger partial charge in [-0.2, -0.15) is 0 Å². The summed E-state index contributed by atoms with van der Waals surface area (Å²) in [5.41, 5.74) is 5.07. The molecule has 2 N–H and O–H groups in total. The number of ether oxygens (including phenoxy) is 2. The van der Waals surface area contributed by atoms with Gasteiger partial charge in [-0.1, -0.05) is 12.1 Å². The van der Waals surface area contributed by atoms with Crippen LogP contribution in [0, 0.1) is 0 Å². The standard InChI is InChI=1S/C16H19N3O4/c1-3-22-13-8-4-5-9-14(13)23-11-15(20)17-18-16(21)12-7-6-10-19(12)2/h4-10H,3,11H2,1-2H3,(H,17,20)(H,18,21). The number of nitrogens with one attached hydrogen (secondary N) is 2. The van der Waals surface area contributed by atoms with E-state index in [0.29, 0.717) is 23.8 Å². The van der Waals surface area contributed by atoms with Gasteiger partial charge >= 0.3 is 0 Å². The highest BCUT2D eigenvalue weighted by Crippen LogP contribution is 2.26. The maximum atomic E-state index is 11.8. The Labute approximate surface area is 134 Å². The topological polar surface area (TPSA) is 81.6 Å². The number of carbonyl (C=O) groups excluding carboxylic acids is 2. The number of hydrazine groups is 1. The van der Waals surface area contributed by atoms with Crippen LogP contribution < -0.4 is 20.3 Å². The molecule has 23 heavy (non-hydrogen) atoms. The van der Waals surface area contributed by atoms with Crippen molar-refractivity contribution in [2.45, 2.75) is 6.92 Å². The minimum atomic E-state index is -0.473. The van der Waals surface area contributed by atoms with Gasteiger partial charge in [-0.3, -0.25) is 20.4 Å². The number of aromatic nitrogens is 1. The number of hydrogen-bond donors (Lipinski definition) is 2. The van der Waals surface area contributed by atoms with Crippen molar-refractivity contribution in [2.24, 2.45) is 7.05 Å². The van der Waals surface area contributed by atoms with Gasteiger partial charge < -0.3 is 14.0 Å². The van der Waals surface area contributed by atoms with Gasteiger partial charge in [0.15, 0.2) is 18.1 Å². The number of para-hydroxylation sites is 2. The van der Waals surface area contributed by atoms with Crippen LogP contribution in [0.15, 0.2) is 42.6 Å². The number of aryl methyl sites for hydroxylation is 1. The lowest BCUT2D eigenvalue weighted by Crippen LogP contribution is -2.44. The third kappa shape index (κ3) is 4.50. The van der Waals surface area contributed by atoms with E-state index >= 15 is 0 Å². The van der Waals surface area contributed by atoms with Crippen LogP contribution in [0.3, 0.4) is 0 Å². The van der Waals surface area contributed by atoms with Crippen molar-refractivity contribution in [1.29, 1.82) is 0 Å². The lowest BCUT2D eigenvalue weighted by molar-refractivity contribution is -0.123. The van der Waals surface area contributed by atoms with Gasteiger partial charge in [0, 0.05) is 13.2 Å². The molecular formula is C16H19N3O4. The van der Waals surface area contributed by atoms with Crippen LogP contribution in [0.2, 0.25) is 0 Å². The van der Waals surface area contributed by atoms with Crippen LogP contribution in [0.1, 0.15) is 17.4 Å². The Bertz CT molecular complexity index is 681. The highest BCUT2D eigenvalue weighted by Gasteiger charge is 2.11. The van der Waals surface area contributed by atoms with Crippen LogP contribution in [0.5, 0.6) is 11.5 Å². The molecule has 0 saturated carbocycles. The molecule has 0 saturated heterocycles. The molecule has 0 radical (unpaired) electrons. The van der Waals surface area contributed by atoms with E-state index in [0.717, 1.165) is 0 Å². The molecule has 1 heterocycles. The van der Waals surface area contributed by atoms with E-state index in [1.165, 1.54) is 0 Å². The molecule has 7 nitrogen and oxygen atoms in total. The molecule has 0 bridgehead atoms. The lowest BCUT2D eigenvalue weighted by atomic mass is 10.3. The fourth-order valence-corrected chi connectivity index (χ4v) is 1.91. The molecule has 122 valence electrons. The fraction of sp³-hybridized carbons (Fsp3) is 0.250. The summed E-state index contributed by atoms with van der Waals surface area (Å²) in [7, 11) is 1.74. The van der Waals surface area contributed by atoms with Crippen molar-refractivity contribution in [1.82, 2.24) is 15.4 Å². The van der Waals surface area contributed by atoms with Crippen molar-refractivity contribution in [3.63, 3.8) is 0 Å². The summed E-state index contributed by atoms with van der Waals surface area (Å²) in [6, 6.07) is 10.5. The van der Waals surface area contributed by atoms with Crippen LogP contribution in [-0.2, 0) is 11.8 Å². The van der Waals surface area contributed by atoms with Crippen LogP contribution in [0.4, 0.5) is 0 Å². The van der Waals surface area contributed by atoms with E-state index in [-0.39, 0.29) is 6.61 Å². The van der Waals surface area contributed by atoms with Gasteiger partial charge in [-0.15, -0.1) is 0 Å². The second-order valence-electron chi connectivity index (χ2n) is 4.68. The average Bonchev–Trinajstić information content (AvgIpc) is 2.98. The zero-order valence-electron chi connectivity index (χ0n) is 13.0. The van der Waals surface area contributed by atoms with Gasteiger partial charge in [-0.25, -0.2) is 0 Å². The van der Waals surface area contributed by atoms with Crippen molar-refractivity contribution in [3.05, 3.63) is 48.3 Å². The van der Waals surface area contributed by atoms with Crippen molar-refractivity contribution in [2.75, 3.05) is 13.2 Å². The highest BCUT2D eigenvalue weighted by molar-refractivity contribution is 5.94. The molecule has 7 heteroatoms. The third-order valence-electron chi connectivity index (χ3n) is 3.00. The Morgan fingerprint density at radius 2 is 1.74 bits per heavy atom. The summed E-state index contributed by atoms with van der Waals surface area (Å²) >= 11 is 0. The molecular weight excluding hydrogens is 298 g/mol. The second-order valence-corrected chi connectivity index (χ2v) is 4.68. The summed E-state index contributed by atoms with van der Waals surface area (Å²) in [5.74, 6) is 0.160. The first-order valence-corrected chi connectivity index (χ1v) is 7.17. The van der Waals surface area contributed by atoms with Gasteiger partial charge in [0.25, 0.3) is 11.8 Å². The summed E-state index contributed by atoms with van der Waals surface area (Å²) in [4.78, 5) is 23.6. The highest BCUT2D eigenvalue weighted by atomic mass is 16.5. The minimum Gasteiger partial charge on any atom is -0.490 e. The Morgan fingerprint density at radius 3 is 2.35 bits per heavy atom. The first-order chi connectivity index (χ1) is 11.1. The normalized spacial score (nSPS) is 10.0. The van der Waals surface area contributed by atoms with E-state index < -0.39 is 11.8 Å². The maximum absolute atomic E-state index is 11.8. The Hall–Kier alpha value is -2.96. The molecule has 0 aliphatic rings. The SMILES string of the molecule is CCOc1ccccc1OCC(=O)NNC(=O)c1cccn1C. The summed E-state index contributed by atoms with van der Waals surface area (Å²) in [5, 5.41) is 0. The van der Waals surface area contributed by atoms with Crippen LogP contribution in [0.25, 0.3) is 0 Å². The number of carbonyl (C=O) groups is 2. The monoisotopic (exact) mass is 317 g/mol. The first kappa shape index (κ1) is 16.4. The number of nitrogens with zero attached hydrogens (tertiary/aromatic N) is 1. The summed E-state index contributed by atoms with van der Waals surface area (Å²) in [6.45, 7) is 2.12. The molecule has 2 aromatic rings. The molecule has 0 aliphatic carbocycles. The van der Waals surface area contributed by atoms with Crippen LogP contribution >= 0.6 is 0 Å². The Morgan fingerprint density at radius 1 is 1.04 bits per heavy atom. The van der Waals surface area contributed by atoms with Crippen LogP contribution in [-0.4, -0.2) is 29.6 Å². The molecule has 0 unspecified atom stereocenters. The number of hydrogen-bond acceptors (Lipinski definition) is 4. The van der Waals surface area contributed by atoms with E-state index in [1.807, 2.05) is 13.0 Å². The zero-order valence-corrected chi connectivity index (χ0v) is 13.0. The van der Waals surface area contributed by atoms with E-state index in [9.17, 15) is 9.59 Å². The van der Waals surface area contributed by atoms with Gasteiger partial charge in [0.1, 0.15) is 5.69 Å². The molecule has 0 aliphatic heterocycles. The molecule has 2 amide bonds. The predicted octanol–water partition coefficient (Wildman–Crippen LogP) is 1.26. The van der Waals surface area contributed by atoms with E-state index in [4.69, 9.17) is 9.47 Å². The quantitative estimate of drug-likeness (QED) is 0.786. The molecule has 0 spiro atoms. The first-order valence-electron chi connectivity index (χ1n) is 7.17. The van der Waals surface area contributed by atoms with Gasteiger partial charge in [0.05, 0.1) is 6.61 Å². The summed E-state index contributed by atoms with van der Waals surface area (Å²) < 4.78 is 12.5. The molecule has 1 aromatic carbocycles. The Balaban J connectivity index is 1.82. The van der Waals surface area contributed by atoms with Crippen molar-refractivity contribution >= 4 is 11.8 Å². The number of amides is 2. The Kier molecular flexibility index (Phi) is 5.62. The maximum Gasteiger partial charge on any atom is 0.286 e. The second kappa shape index (κ2) is 7.88. The van der Waals surface area contributed by atoms with E-state index in [1.54, 1.807) is 48.1 Å². The van der Waals surface area contributed by atoms with Gasteiger partial charge in [0.2, 0.25) is 0 Å². The molecule has 2 rings (SSSR count). The number of rotatable bonds is 6. The van der Waals surface area contributed by atoms with E-state index in [2.05, 4.69) is 10.9 Å². The third-order valence-corrected chi connectivity index (χ3v) is 3.00. The molecule has 1 aromatic heterocycles. The van der Waals surface area contributed by atoms with Crippen molar-refractivity contribution < 1.29 is 19.1 Å². The minimum absolute atomic E-state index is 0.239. The smallest absolute Gasteiger partial charge is 0.286 e. The summed E-state index contributed by atoms with van der Waals surface area (Å²) in [6.07, 6.45) is 1.74. The zero-order chi connectivity index (χ0) is 16.7. The lowest BCUT2D eigenvalue weighted by Gasteiger charge is -2.12.